The molecule has 1 atom stereocenters. The van der Waals surface area contributed by atoms with Crippen molar-refractivity contribution in [2.45, 2.75) is 64.0 Å². The van der Waals surface area contributed by atoms with Crippen LogP contribution >= 0.6 is 0 Å². The van der Waals surface area contributed by atoms with Crippen molar-refractivity contribution in [2.75, 3.05) is 26.2 Å². The minimum Gasteiger partial charge on any atom is -0.365 e. The molecule has 19 heavy (non-hydrogen) atoms. The van der Waals surface area contributed by atoms with E-state index in [-0.39, 0.29) is 11.4 Å². The first kappa shape index (κ1) is 14.8. The molecule has 0 aromatic carbocycles. The lowest BCUT2D eigenvalue weighted by Gasteiger charge is -2.35. The second kappa shape index (κ2) is 5.80. The molecule has 1 saturated carbocycles. The van der Waals surface area contributed by atoms with Crippen LogP contribution in [0.5, 0.6) is 0 Å². The largest absolute Gasteiger partial charge is 0.365 e. The number of carbonyl (C=O) groups excluding carboxylic acids is 1. The zero-order chi connectivity index (χ0) is 13.9. The standard InChI is InChI=1S/C15H28N2O2/c1-4-17(5-2)12-15(9-10-15)16-13(18)14(3)8-6-7-11-19-14/h4-12H2,1-3H3,(H,16,18). The molecule has 0 aromatic rings. The molecule has 1 heterocycles. The van der Waals surface area contributed by atoms with Gasteiger partial charge in [-0.05, 0) is 52.1 Å². The molecule has 1 N–H and O–H groups in total. The third kappa shape index (κ3) is 3.48. The Balaban J connectivity index is 1.91. The van der Waals surface area contributed by atoms with E-state index < -0.39 is 5.60 Å². The van der Waals surface area contributed by atoms with Gasteiger partial charge < -0.3 is 15.0 Å². The number of nitrogens with zero attached hydrogens (tertiary/aromatic N) is 1. The van der Waals surface area contributed by atoms with Gasteiger partial charge in [0.2, 0.25) is 0 Å². The first-order chi connectivity index (χ1) is 9.03. The fraction of sp³-hybridized carbons (Fsp3) is 0.933. The Bertz CT molecular complexity index is 316. The summed E-state index contributed by atoms with van der Waals surface area (Å²) >= 11 is 0. The Kier molecular flexibility index (Phi) is 4.51. The number of rotatable bonds is 6. The number of amides is 1. The van der Waals surface area contributed by atoms with Crippen molar-refractivity contribution in [3.63, 3.8) is 0 Å². The summed E-state index contributed by atoms with van der Waals surface area (Å²) in [5.41, 5.74) is -0.579. The van der Waals surface area contributed by atoms with E-state index in [1.165, 1.54) is 0 Å². The average molecular weight is 268 g/mol. The van der Waals surface area contributed by atoms with Crippen LogP contribution in [0.1, 0.15) is 52.9 Å². The van der Waals surface area contributed by atoms with Gasteiger partial charge in [-0.3, -0.25) is 4.79 Å². The van der Waals surface area contributed by atoms with E-state index in [1.54, 1.807) is 0 Å². The molecule has 1 unspecified atom stereocenters. The fourth-order valence-corrected chi connectivity index (χ4v) is 2.83. The van der Waals surface area contributed by atoms with Crippen LogP contribution in [0.25, 0.3) is 0 Å². The lowest BCUT2D eigenvalue weighted by Crippen LogP contribution is -2.55. The van der Waals surface area contributed by atoms with Gasteiger partial charge in [0, 0.05) is 13.2 Å². The van der Waals surface area contributed by atoms with Gasteiger partial charge in [-0.2, -0.15) is 0 Å². The average Bonchev–Trinajstić information content (AvgIpc) is 3.16. The molecule has 1 saturated heterocycles. The van der Waals surface area contributed by atoms with E-state index >= 15 is 0 Å². The molecular formula is C15H28N2O2. The predicted octanol–water partition coefficient (Wildman–Crippen LogP) is 1.94. The Morgan fingerprint density at radius 1 is 1.21 bits per heavy atom. The van der Waals surface area contributed by atoms with Gasteiger partial charge in [0.05, 0.1) is 5.54 Å². The summed E-state index contributed by atoms with van der Waals surface area (Å²) in [5.74, 6) is 0.0943. The van der Waals surface area contributed by atoms with Gasteiger partial charge in [-0.15, -0.1) is 0 Å². The minimum atomic E-state index is -0.600. The normalized spacial score (nSPS) is 29.3. The quantitative estimate of drug-likeness (QED) is 0.800. The van der Waals surface area contributed by atoms with Crippen molar-refractivity contribution in [2.24, 2.45) is 0 Å². The molecule has 2 aliphatic rings. The molecule has 0 spiro atoms. The molecule has 4 heteroatoms. The number of ether oxygens (including phenoxy) is 1. The van der Waals surface area contributed by atoms with E-state index in [0.29, 0.717) is 6.61 Å². The highest BCUT2D eigenvalue weighted by atomic mass is 16.5. The second-order valence-corrected chi connectivity index (χ2v) is 6.23. The predicted molar refractivity (Wildman–Crippen MR) is 76.1 cm³/mol. The Hall–Kier alpha value is -0.610. The van der Waals surface area contributed by atoms with Crippen LogP contribution in [-0.4, -0.2) is 48.2 Å². The van der Waals surface area contributed by atoms with Crippen molar-refractivity contribution in [1.82, 2.24) is 10.2 Å². The van der Waals surface area contributed by atoms with Crippen LogP contribution in [0.15, 0.2) is 0 Å². The molecule has 1 aliphatic carbocycles. The zero-order valence-corrected chi connectivity index (χ0v) is 12.6. The Labute approximate surface area is 116 Å². The summed E-state index contributed by atoms with van der Waals surface area (Å²) in [5, 5.41) is 3.27. The van der Waals surface area contributed by atoms with E-state index in [2.05, 4.69) is 24.1 Å². The van der Waals surface area contributed by atoms with Gasteiger partial charge in [-0.1, -0.05) is 13.8 Å². The molecule has 0 aromatic heterocycles. The number of hydrogen-bond donors (Lipinski definition) is 1. The van der Waals surface area contributed by atoms with Crippen LogP contribution in [0, 0.1) is 0 Å². The van der Waals surface area contributed by atoms with Crippen molar-refractivity contribution in [3.8, 4) is 0 Å². The fourth-order valence-electron chi connectivity index (χ4n) is 2.83. The molecule has 0 radical (unpaired) electrons. The molecule has 4 nitrogen and oxygen atoms in total. The van der Waals surface area contributed by atoms with Gasteiger partial charge in [0.1, 0.15) is 5.60 Å². The summed E-state index contributed by atoms with van der Waals surface area (Å²) in [7, 11) is 0. The van der Waals surface area contributed by atoms with Crippen molar-refractivity contribution in [3.05, 3.63) is 0 Å². The molecule has 1 amide bonds. The first-order valence-electron chi connectivity index (χ1n) is 7.72. The molecule has 2 fully saturated rings. The lowest BCUT2D eigenvalue weighted by molar-refractivity contribution is -0.151. The first-order valence-corrected chi connectivity index (χ1v) is 7.72. The number of hydrogen-bond acceptors (Lipinski definition) is 3. The van der Waals surface area contributed by atoms with Crippen LogP contribution in [0.3, 0.4) is 0 Å². The summed E-state index contributed by atoms with van der Waals surface area (Å²) in [6.45, 7) is 10.1. The maximum Gasteiger partial charge on any atom is 0.252 e. The van der Waals surface area contributed by atoms with Crippen molar-refractivity contribution in [1.29, 1.82) is 0 Å². The van der Waals surface area contributed by atoms with Gasteiger partial charge in [0.25, 0.3) is 5.91 Å². The maximum absolute atomic E-state index is 12.5. The van der Waals surface area contributed by atoms with E-state index in [4.69, 9.17) is 4.74 Å². The topological polar surface area (TPSA) is 41.6 Å². The second-order valence-electron chi connectivity index (χ2n) is 6.23. The minimum absolute atomic E-state index is 0.0208. The van der Waals surface area contributed by atoms with E-state index in [0.717, 1.165) is 51.7 Å². The maximum atomic E-state index is 12.5. The molecule has 1 aliphatic heterocycles. The van der Waals surface area contributed by atoms with Crippen molar-refractivity contribution >= 4 is 5.91 Å². The van der Waals surface area contributed by atoms with Gasteiger partial charge >= 0.3 is 0 Å². The highest BCUT2D eigenvalue weighted by Gasteiger charge is 2.48. The van der Waals surface area contributed by atoms with Crippen LogP contribution < -0.4 is 5.32 Å². The highest BCUT2D eigenvalue weighted by molar-refractivity contribution is 5.85. The highest BCUT2D eigenvalue weighted by Crippen LogP contribution is 2.37. The summed E-state index contributed by atoms with van der Waals surface area (Å²) in [6.07, 6.45) is 5.22. The zero-order valence-electron chi connectivity index (χ0n) is 12.6. The molecule has 2 rings (SSSR count). The third-order valence-electron chi connectivity index (χ3n) is 4.60. The van der Waals surface area contributed by atoms with Crippen molar-refractivity contribution < 1.29 is 9.53 Å². The van der Waals surface area contributed by atoms with E-state index in [9.17, 15) is 4.79 Å². The molecular weight excluding hydrogens is 240 g/mol. The van der Waals surface area contributed by atoms with Crippen LogP contribution in [-0.2, 0) is 9.53 Å². The lowest BCUT2D eigenvalue weighted by atomic mass is 9.94. The number of likely N-dealkylation sites (N-methyl/N-ethyl adjacent to an activating group) is 1. The Morgan fingerprint density at radius 3 is 2.37 bits per heavy atom. The summed E-state index contributed by atoms with van der Waals surface area (Å²) in [6, 6.07) is 0. The van der Waals surface area contributed by atoms with Crippen LogP contribution in [0.2, 0.25) is 0 Å². The monoisotopic (exact) mass is 268 g/mol. The number of nitrogens with one attached hydrogen (secondary N) is 1. The molecule has 0 bridgehead atoms. The summed E-state index contributed by atoms with van der Waals surface area (Å²) < 4.78 is 5.73. The Morgan fingerprint density at radius 2 is 1.89 bits per heavy atom. The molecule has 110 valence electrons. The van der Waals surface area contributed by atoms with Crippen LogP contribution in [0.4, 0.5) is 0 Å². The van der Waals surface area contributed by atoms with Gasteiger partial charge in [-0.25, -0.2) is 0 Å². The van der Waals surface area contributed by atoms with E-state index in [1.807, 2.05) is 6.92 Å². The van der Waals surface area contributed by atoms with Gasteiger partial charge in [0.15, 0.2) is 0 Å². The number of carbonyl (C=O) groups is 1. The summed E-state index contributed by atoms with van der Waals surface area (Å²) in [4.78, 5) is 14.9. The SMILES string of the molecule is CCN(CC)CC1(NC(=O)C2(C)CCCCO2)CC1. The third-order valence-corrected chi connectivity index (χ3v) is 4.60. The smallest absolute Gasteiger partial charge is 0.252 e.